The van der Waals surface area contributed by atoms with Crippen LogP contribution in [0.15, 0.2) is 0 Å². The first-order chi connectivity index (χ1) is 6.16. The monoisotopic (exact) mass is 189 g/mol. The van der Waals surface area contributed by atoms with E-state index in [1.807, 2.05) is 0 Å². The average Bonchev–Trinajstić information content (AvgIpc) is 2.08. The van der Waals surface area contributed by atoms with E-state index in [4.69, 9.17) is 9.84 Å². The quantitative estimate of drug-likeness (QED) is 0.556. The molecule has 0 aromatic rings. The Kier molecular flexibility index (Phi) is 7.63. The normalized spacial score (nSPS) is 12.8. The second kappa shape index (κ2) is 8.01. The molecule has 13 heavy (non-hydrogen) atoms. The Hall–Kier alpha value is -0.610. The highest BCUT2D eigenvalue weighted by Crippen LogP contribution is 1.92. The van der Waals surface area contributed by atoms with E-state index in [1.165, 1.54) is 0 Å². The molecule has 0 aliphatic rings. The minimum atomic E-state index is -0.730. The van der Waals surface area contributed by atoms with Crippen molar-refractivity contribution < 1.29 is 14.6 Å². The summed E-state index contributed by atoms with van der Waals surface area (Å²) >= 11 is 0. The van der Waals surface area contributed by atoms with Gasteiger partial charge in [0.05, 0.1) is 0 Å². The van der Waals surface area contributed by atoms with Crippen molar-refractivity contribution >= 4 is 5.97 Å². The topological polar surface area (TPSA) is 58.6 Å². The van der Waals surface area contributed by atoms with Crippen LogP contribution in [0, 0.1) is 0 Å². The third kappa shape index (κ3) is 9.30. The fourth-order valence-electron chi connectivity index (χ4n) is 0.985. The number of carboxylic acids is 1. The highest BCUT2D eigenvalue weighted by molar-refractivity contribution is 5.66. The van der Waals surface area contributed by atoms with Crippen LogP contribution < -0.4 is 5.32 Å². The summed E-state index contributed by atoms with van der Waals surface area (Å²) in [4.78, 5) is 10.2. The summed E-state index contributed by atoms with van der Waals surface area (Å²) in [5, 5.41) is 11.6. The van der Waals surface area contributed by atoms with Crippen LogP contribution in [-0.2, 0) is 9.53 Å². The Labute approximate surface area is 79.3 Å². The first kappa shape index (κ1) is 12.4. The minimum absolute atomic E-state index is 0.240. The molecule has 1 unspecified atom stereocenters. The Morgan fingerprint density at radius 2 is 2.31 bits per heavy atom. The number of ether oxygens (including phenoxy) is 1. The molecule has 0 fully saturated rings. The predicted octanol–water partition coefficient (Wildman–Crippen LogP) is 0.866. The molecule has 0 heterocycles. The van der Waals surface area contributed by atoms with Gasteiger partial charge in [-0.1, -0.05) is 0 Å². The maximum absolute atomic E-state index is 10.2. The van der Waals surface area contributed by atoms with Crippen molar-refractivity contribution in [1.82, 2.24) is 5.32 Å². The van der Waals surface area contributed by atoms with E-state index >= 15 is 0 Å². The summed E-state index contributed by atoms with van der Waals surface area (Å²) in [7, 11) is 1.68. The van der Waals surface area contributed by atoms with Crippen molar-refractivity contribution in [3.05, 3.63) is 0 Å². The molecule has 4 heteroatoms. The highest BCUT2D eigenvalue weighted by Gasteiger charge is 2.01. The van der Waals surface area contributed by atoms with Gasteiger partial charge in [0.15, 0.2) is 0 Å². The van der Waals surface area contributed by atoms with Gasteiger partial charge < -0.3 is 15.2 Å². The van der Waals surface area contributed by atoms with Crippen LogP contribution >= 0.6 is 0 Å². The van der Waals surface area contributed by atoms with Crippen molar-refractivity contribution in [2.45, 2.75) is 32.2 Å². The highest BCUT2D eigenvalue weighted by atomic mass is 16.5. The van der Waals surface area contributed by atoms with Gasteiger partial charge in [-0.3, -0.25) is 4.79 Å². The van der Waals surface area contributed by atoms with Gasteiger partial charge in [-0.05, 0) is 26.3 Å². The maximum atomic E-state index is 10.2. The van der Waals surface area contributed by atoms with E-state index in [-0.39, 0.29) is 6.42 Å². The predicted molar refractivity (Wildman–Crippen MR) is 50.8 cm³/mol. The SMILES string of the molecule is COCCC(C)NCCCC(=O)O. The van der Waals surface area contributed by atoms with E-state index in [0.29, 0.717) is 12.5 Å². The lowest BCUT2D eigenvalue weighted by Gasteiger charge is -2.12. The molecule has 0 saturated heterocycles. The fourth-order valence-corrected chi connectivity index (χ4v) is 0.985. The van der Waals surface area contributed by atoms with E-state index in [9.17, 15) is 4.79 Å². The molecule has 0 aliphatic heterocycles. The second-order valence-electron chi connectivity index (χ2n) is 3.13. The summed E-state index contributed by atoms with van der Waals surface area (Å²) < 4.78 is 4.92. The molecule has 0 radical (unpaired) electrons. The van der Waals surface area contributed by atoms with Crippen LogP contribution in [0.2, 0.25) is 0 Å². The average molecular weight is 189 g/mol. The van der Waals surface area contributed by atoms with Crippen LogP contribution in [0.1, 0.15) is 26.2 Å². The van der Waals surface area contributed by atoms with Gasteiger partial charge in [0.1, 0.15) is 0 Å². The number of nitrogens with one attached hydrogen (secondary N) is 1. The van der Waals surface area contributed by atoms with Crippen LogP contribution in [0.4, 0.5) is 0 Å². The fraction of sp³-hybridized carbons (Fsp3) is 0.889. The molecule has 0 rings (SSSR count). The standard InChI is InChI=1S/C9H19NO3/c1-8(5-7-13-2)10-6-3-4-9(11)12/h8,10H,3-7H2,1-2H3,(H,11,12). The van der Waals surface area contributed by atoms with E-state index in [0.717, 1.165) is 19.6 Å². The van der Waals surface area contributed by atoms with Crippen molar-refractivity contribution in [2.75, 3.05) is 20.3 Å². The van der Waals surface area contributed by atoms with Crippen LogP contribution in [-0.4, -0.2) is 37.4 Å². The molecular formula is C9H19NO3. The van der Waals surface area contributed by atoms with Crippen LogP contribution in [0.3, 0.4) is 0 Å². The molecular weight excluding hydrogens is 170 g/mol. The molecule has 0 saturated carbocycles. The van der Waals surface area contributed by atoms with Crippen LogP contribution in [0.25, 0.3) is 0 Å². The number of carboxylic acid groups (broad SMARTS) is 1. The second-order valence-corrected chi connectivity index (χ2v) is 3.13. The zero-order valence-electron chi connectivity index (χ0n) is 8.38. The summed E-state index contributed by atoms with van der Waals surface area (Å²) in [6.45, 7) is 3.57. The van der Waals surface area contributed by atoms with Gasteiger partial charge in [0.25, 0.3) is 0 Å². The zero-order chi connectivity index (χ0) is 10.1. The van der Waals surface area contributed by atoms with Gasteiger partial charge in [-0.15, -0.1) is 0 Å². The molecule has 0 spiro atoms. The van der Waals surface area contributed by atoms with Crippen molar-refractivity contribution in [3.63, 3.8) is 0 Å². The first-order valence-corrected chi connectivity index (χ1v) is 4.61. The Morgan fingerprint density at radius 1 is 1.62 bits per heavy atom. The summed E-state index contributed by atoms with van der Waals surface area (Å²) in [5.41, 5.74) is 0. The number of hydrogen-bond acceptors (Lipinski definition) is 3. The van der Waals surface area contributed by atoms with Crippen molar-refractivity contribution in [3.8, 4) is 0 Å². The third-order valence-corrected chi connectivity index (χ3v) is 1.82. The summed E-state index contributed by atoms with van der Waals surface area (Å²) in [5.74, 6) is -0.730. The van der Waals surface area contributed by atoms with Crippen molar-refractivity contribution in [2.24, 2.45) is 0 Å². The summed E-state index contributed by atoms with van der Waals surface area (Å²) in [6, 6.07) is 0.397. The zero-order valence-corrected chi connectivity index (χ0v) is 8.38. The maximum Gasteiger partial charge on any atom is 0.303 e. The number of carbonyl (C=O) groups is 1. The first-order valence-electron chi connectivity index (χ1n) is 4.61. The summed E-state index contributed by atoms with van der Waals surface area (Å²) in [6.07, 6.45) is 1.89. The van der Waals surface area contributed by atoms with Gasteiger partial charge in [0, 0.05) is 26.2 Å². The van der Waals surface area contributed by atoms with Gasteiger partial charge >= 0.3 is 5.97 Å². The molecule has 0 aliphatic carbocycles. The van der Waals surface area contributed by atoms with Gasteiger partial charge in [-0.2, -0.15) is 0 Å². The lowest BCUT2D eigenvalue weighted by Crippen LogP contribution is -2.28. The molecule has 4 nitrogen and oxygen atoms in total. The van der Waals surface area contributed by atoms with E-state index < -0.39 is 5.97 Å². The molecule has 0 amide bonds. The molecule has 1 atom stereocenters. The molecule has 78 valence electrons. The third-order valence-electron chi connectivity index (χ3n) is 1.82. The van der Waals surface area contributed by atoms with Crippen molar-refractivity contribution in [1.29, 1.82) is 0 Å². The van der Waals surface area contributed by atoms with Crippen LogP contribution in [0.5, 0.6) is 0 Å². The molecule has 0 bridgehead atoms. The molecule has 2 N–H and O–H groups in total. The molecule has 0 aromatic heterocycles. The Balaban J connectivity index is 3.16. The Morgan fingerprint density at radius 3 is 2.85 bits per heavy atom. The number of methoxy groups -OCH3 is 1. The van der Waals surface area contributed by atoms with Gasteiger partial charge in [-0.25, -0.2) is 0 Å². The molecule has 0 aromatic carbocycles. The number of rotatable bonds is 8. The van der Waals surface area contributed by atoms with Gasteiger partial charge in [0.2, 0.25) is 0 Å². The van der Waals surface area contributed by atoms with E-state index in [1.54, 1.807) is 7.11 Å². The number of hydrogen-bond donors (Lipinski definition) is 2. The minimum Gasteiger partial charge on any atom is -0.481 e. The largest absolute Gasteiger partial charge is 0.481 e. The Bertz CT molecular complexity index is 139. The lowest BCUT2D eigenvalue weighted by atomic mass is 10.2. The smallest absolute Gasteiger partial charge is 0.303 e. The lowest BCUT2D eigenvalue weighted by molar-refractivity contribution is -0.137. The number of aliphatic carboxylic acids is 1. The van der Waals surface area contributed by atoms with E-state index in [2.05, 4.69) is 12.2 Å².